The Balaban J connectivity index is 0.899. The number of amides is 6. The number of aliphatic hydroxyl groups is 4. The second-order valence-corrected chi connectivity index (χ2v) is 22.0. The fourth-order valence-electron chi connectivity index (χ4n) is 9.38. The standard InChI is InChI=1S/C56H68N8O19S2/c1-57-56(55(77)78)28-40(68)51(53(83-56)52(75)41(69)31-65)61-45(71)29-60-46(72)30-64(20-22-80-24-23-79-21-15-58-44(70)13-25-84-85-47-8-4-5-14-59-47)49(74)33-81-32-48(73)62-16-18-63(19-17-62)54(76)37-7-3-2-6-36(37)50-38-11-9-34(66)26-42(38)82-43-27-35(67)10-12-39(43)50/h2-12,14,26-27,40-41,51-53,57,65-66,68-69,75H,13,15-25,28-33H2,1H3,(H,58,70)(H,60,72)(H,61,71)(H,77,78). The molecule has 3 aromatic rings. The minimum absolute atomic E-state index is 0.0500. The number of aromatic hydroxyl groups is 1. The topological polar surface area (TPSA) is 379 Å². The number of rotatable bonds is 30. The highest BCUT2D eigenvalue weighted by Gasteiger charge is 2.54. The molecule has 4 heterocycles. The third-order valence-corrected chi connectivity index (χ3v) is 16.1. The number of phenolic OH excluding ortho intramolecular Hbond substituents is 1. The number of aliphatic hydroxyl groups excluding tert-OH is 4. The minimum Gasteiger partial charge on any atom is -0.508 e. The van der Waals surface area contributed by atoms with E-state index in [4.69, 9.17) is 23.4 Å². The van der Waals surface area contributed by atoms with E-state index in [2.05, 4.69) is 26.3 Å². The fraction of sp³-hybridized carbons (Fsp3) is 0.446. The van der Waals surface area contributed by atoms with Crippen LogP contribution in [0.5, 0.6) is 5.75 Å². The second-order valence-electron chi connectivity index (χ2n) is 19.6. The van der Waals surface area contributed by atoms with Crippen LogP contribution in [0.2, 0.25) is 0 Å². The Bertz CT molecular complexity index is 3140. The van der Waals surface area contributed by atoms with Crippen LogP contribution in [-0.4, -0.2) is 239 Å². The SMILES string of the molecule is CNC1(C(=O)O)CC(O)C(NC(=O)CNC(=O)CN(CCOCCOCCNC(=O)CCSSc2ccccn2)C(=O)COCC(=O)N2CCN(C(=O)c3ccccc3-c3c4ccc(=O)cc-4oc4cc(O)ccc34)CC2)C(C(O)C(O)CO)O1. The molecule has 6 amide bonds. The lowest BCUT2D eigenvalue weighted by Crippen LogP contribution is -2.70. The lowest BCUT2D eigenvalue weighted by atomic mass is 9.87. The largest absolute Gasteiger partial charge is 0.508 e. The first kappa shape index (κ1) is 65.3. The number of carbonyl (C=O) groups is 7. The number of carboxylic acid groups (broad SMARTS) is 1. The van der Waals surface area contributed by atoms with E-state index in [-0.39, 0.29) is 94.4 Å². The van der Waals surface area contributed by atoms with Crippen LogP contribution < -0.4 is 26.7 Å². The van der Waals surface area contributed by atoms with Crippen molar-refractivity contribution in [3.05, 3.63) is 101 Å². The molecule has 2 saturated heterocycles. The van der Waals surface area contributed by atoms with Gasteiger partial charge in [-0.25, -0.2) is 9.78 Å². The molecule has 458 valence electrons. The molecule has 1 aliphatic carbocycles. The average molecular weight is 1220 g/mol. The second kappa shape index (κ2) is 31.7. The van der Waals surface area contributed by atoms with Crippen LogP contribution >= 0.6 is 21.6 Å². The predicted octanol–water partition coefficient (Wildman–Crippen LogP) is -0.760. The highest BCUT2D eigenvalue weighted by atomic mass is 33.1. The van der Waals surface area contributed by atoms with Gasteiger partial charge < -0.3 is 84.7 Å². The number of phenols is 1. The van der Waals surface area contributed by atoms with Gasteiger partial charge in [0.05, 0.1) is 58.3 Å². The first-order chi connectivity index (χ1) is 40.9. The van der Waals surface area contributed by atoms with Gasteiger partial charge in [0, 0.05) is 98.3 Å². The fourth-order valence-corrected chi connectivity index (χ4v) is 11.2. The van der Waals surface area contributed by atoms with Crippen molar-refractivity contribution in [3.8, 4) is 28.2 Å². The molecule has 85 heavy (non-hydrogen) atoms. The van der Waals surface area contributed by atoms with Gasteiger partial charge in [0.2, 0.25) is 35.3 Å². The van der Waals surface area contributed by atoms with Crippen molar-refractivity contribution in [1.82, 2.24) is 41.0 Å². The van der Waals surface area contributed by atoms with E-state index >= 15 is 0 Å². The number of nitrogens with zero attached hydrogens (tertiary/aromatic N) is 4. The van der Waals surface area contributed by atoms with Crippen LogP contribution in [0.3, 0.4) is 0 Å². The summed E-state index contributed by atoms with van der Waals surface area (Å²) in [7, 11) is 4.21. The van der Waals surface area contributed by atoms with Crippen molar-refractivity contribution in [3.63, 3.8) is 0 Å². The molecule has 2 aromatic carbocycles. The maximum atomic E-state index is 14.3. The van der Waals surface area contributed by atoms with Crippen LogP contribution in [0.15, 0.2) is 99.3 Å². The summed E-state index contributed by atoms with van der Waals surface area (Å²) in [6.45, 7) is -2.64. The first-order valence-corrected chi connectivity index (χ1v) is 29.4. The normalized spacial score (nSPS) is 18.6. The highest BCUT2D eigenvalue weighted by molar-refractivity contribution is 8.76. The zero-order chi connectivity index (χ0) is 61.0. The maximum absolute atomic E-state index is 14.3. The molecule has 4 aliphatic rings. The Morgan fingerprint density at radius 2 is 1.59 bits per heavy atom. The number of piperazine rings is 1. The van der Waals surface area contributed by atoms with Crippen LogP contribution in [0.4, 0.5) is 0 Å². The minimum atomic E-state index is -2.25. The zero-order valence-electron chi connectivity index (χ0n) is 46.3. The Kier molecular flexibility index (Phi) is 24.4. The Morgan fingerprint density at radius 1 is 0.847 bits per heavy atom. The number of carbonyl (C=O) groups excluding carboxylic acids is 6. The van der Waals surface area contributed by atoms with Crippen molar-refractivity contribution < 1.29 is 87.6 Å². The van der Waals surface area contributed by atoms with Crippen LogP contribution in [0, 0.1) is 0 Å². The molecule has 0 radical (unpaired) electrons. The Labute approximate surface area is 495 Å². The average Bonchev–Trinajstić information content (AvgIpc) is 3.56. The van der Waals surface area contributed by atoms with Crippen LogP contribution in [0.25, 0.3) is 33.4 Å². The van der Waals surface area contributed by atoms with E-state index in [1.54, 1.807) is 47.5 Å². The third kappa shape index (κ3) is 17.9. The summed E-state index contributed by atoms with van der Waals surface area (Å²) in [5.74, 6) is -4.25. The van der Waals surface area contributed by atoms with Crippen molar-refractivity contribution >= 4 is 74.0 Å². The lowest BCUT2D eigenvalue weighted by molar-refractivity contribution is -0.236. The predicted molar refractivity (Wildman–Crippen MR) is 307 cm³/mol. The summed E-state index contributed by atoms with van der Waals surface area (Å²) in [5, 5.41) is 72.8. The summed E-state index contributed by atoms with van der Waals surface area (Å²) in [6.07, 6.45) is -5.96. The molecule has 0 saturated carbocycles. The van der Waals surface area contributed by atoms with Gasteiger partial charge in [0.15, 0.2) is 5.43 Å². The number of benzene rings is 3. The molecular weight excluding hydrogens is 1150 g/mol. The number of ether oxygens (including phenoxy) is 4. The first-order valence-electron chi connectivity index (χ1n) is 27.1. The van der Waals surface area contributed by atoms with E-state index in [0.29, 0.717) is 45.4 Å². The molecular formula is C56H68N8O19S2. The molecule has 3 aliphatic heterocycles. The highest BCUT2D eigenvalue weighted by Crippen LogP contribution is 2.42. The molecule has 27 nitrogen and oxygen atoms in total. The monoisotopic (exact) mass is 1220 g/mol. The van der Waals surface area contributed by atoms with Crippen LogP contribution in [-0.2, 0) is 47.7 Å². The molecule has 2 fully saturated rings. The molecule has 10 N–H and O–H groups in total. The van der Waals surface area contributed by atoms with Gasteiger partial charge in [-0.3, -0.25) is 38.9 Å². The van der Waals surface area contributed by atoms with Gasteiger partial charge in [-0.2, -0.15) is 0 Å². The maximum Gasteiger partial charge on any atom is 0.351 e. The summed E-state index contributed by atoms with van der Waals surface area (Å²) >= 11 is 0. The van der Waals surface area contributed by atoms with Gasteiger partial charge in [-0.15, -0.1) is 0 Å². The number of pyridine rings is 1. The summed E-state index contributed by atoms with van der Waals surface area (Å²) in [4.78, 5) is 113. The number of hydrogen-bond donors (Lipinski definition) is 10. The van der Waals surface area contributed by atoms with Gasteiger partial charge in [-0.1, -0.05) is 35.1 Å². The number of likely N-dealkylation sites (N-methyl/N-ethyl adjacent to an activating group) is 1. The van der Waals surface area contributed by atoms with Crippen molar-refractivity contribution in [2.24, 2.45) is 0 Å². The van der Waals surface area contributed by atoms with E-state index in [1.807, 2.05) is 18.2 Å². The van der Waals surface area contributed by atoms with E-state index < -0.39 is 105 Å². The number of nitrogens with one attached hydrogen (secondary N) is 4. The molecule has 6 unspecified atom stereocenters. The molecule has 7 rings (SSSR count). The van der Waals surface area contributed by atoms with Crippen LogP contribution in [0.1, 0.15) is 23.2 Å². The van der Waals surface area contributed by atoms with E-state index in [0.717, 1.165) is 9.93 Å². The smallest absolute Gasteiger partial charge is 0.351 e. The number of carboxylic acids is 1. The molecule has 29 heteroatoms. The summed E-state index contributed by atoms with van der Waals surface area (Å²) < 4.78 is 28.4. The third-order valence-electron chi connectivity index (χ3n) is 13.8. The zero-order valence-corrected chi connectivity index (χ0v) is 47.9. The van der Waals surface area contributed by atoms with Crippen molar-refractivity contribution in [1.29, 1.82) is 0 Å². The summed E-state index contributed by atoms with van der Waals surface area (Å²) in [6, 6.07) is 20.0. The van der Waals surface area contributed by atoms with E-state index in [1.165, 1.54) is 57.8 Å². The Hall–Kier alpha value is -7.29. The van der Waals surface area contributed by atoms with Crippen molar-refractivity contribution in [2.75, 3.05) is 111 Å². The van der Waals surface area contributed by atoms with Gasteiger partial charge in [0.25, 0.3) is 5.91 Å². The Morgan fingerprint density at radius 3 is 2.32 bits per heavy atom. The number of aromatic nitrogens is 1. The molecule has 1 aromatic heterocycles. The molecule has 0 spiro atoms. The van der Waals surface area contributed by atoms with Gasteiger partial charge >= 0.3 is 5.97 Å². The van der Waals surface area contributed by atoms with E-state index in [9.17, 15) is 69.0 Å². The van der Waals surface area contributed by atoms with Gasteiger partial charge in [-0.05, 0) is 65.9 Å². The number of aliphatic carboxylic acids is 1. The lowest BCUT2D eigenvalue weighted by Gasteiger charge is -2.46. The number of fused-ring (bicyclic) bond motifs is 2. The quantitative estimate of drug-likeness (QED) is 0.0153. The van der Waals surface area contributed by atoms with Gasteiger partial charge in [0.1, 0.15) is 53.6 Å². The molecule has 6 atom stereocenters. The number of hydrogen-bond acceptors (Lipinski definition) is 22. The van der Waals surface area contributed by atoms with Crippen molar-refractivity contribution in [2.45, 2.75) is 54.1 Å². The summed E-state index contributed by atoms with van der Waals surface area (Å²) in [5.41, 5.74) is -0.112. The molecule has 0 bridgehead atoms.